The topological polar surface area (TPSA) is 100 Å². The molecule has 190 valence electrons. The van der Waals surface area contributed by atoms with Crippen molar-refractivity contribution in [1.82, 2.24) is 25.2 Å². The molecule has 1 saturated heterocycles. The van der Waals surface area contributed by atoms with E-state index in [9.17, 15) is 9.59 Å². The smallest absolute Gasteiger partial charge is 0.296 e. The summed E-state index contributed by atoms with van der Waals surface area (Å²) >= 11 is 6.61. The predicted molar refractivity (Wildman–Crippen MR) is 140 cm³/mol. The highest BCUT2D eigenvalue weighted by Gasteiger charge is 2.34. The van der Waals surface area contributed by atoms with Crippen LogP contribution in [0, 0.1) is 5.92 Å². The summed E-state index contributed by atoms with van der Waals surface area (Å²) in [5.74, 6) is 0.166. The van der Waals surface area contributed by atoms with Gasteiger partial charge in [0.15, 0.2) is 5.65 Å². The van der Waals surface area contributed by atoms with Crippen LogP contribution in [-0.4, -0.2) is 56.9 Å². The maximum Gasteiger partial charge on any atom is 0.296 e. The molecule has 5 rings (SSSR count). The number of aromatic nitrogens is 3. The van der Waals surface area contributed by atoms with E-state index in [1.807, 2.05) is 19.9 Å². The Morgan fingerprint density at radius 2 is 1.89 bits per heavy atom. The van der Waals surface area contributed by atoms with Crippen LogP contribution in [0.1, 0.15) is 58.6 Å². The first-order valence-electron chi connectivity index (χ1n) is 12.6. The predicted octanol–water partition coefficient (Wildman–Crippen LogP) is 4.58. The molecule has 1 unspecified atom stereocenters. The van der Waals surface area contributed by atoms with Crippen molar-refractivity contribution in [2.45, 2.75) is 65.0 Å². The molecule has 2 amide bonds. The molecule has 1 aliphatic heterocycles. The number of hydrogen-bond donors (Lipinski definition) is 2. The van der Waals surface area contributed by atoms with Crippen molar-refractivity contribution in [1.29, 1.82) is 0 Å². The summed E-state index contributed by atoms with van der Waals surface area (Å²) in [5.41, 5.74) is 5.84. The van der Waals surface area contributed by atoms with Crippen LogP contribution < -0.4 is 10.1 Å². The Hall–Kier alpha value is -3.13. The number of pyridine rings is 1. The number of ether oxygens (including phenoxy) is 1. The normalized spacial score (nSPS) is 20.5. The van der Waals surface area contributed by atoms with Gasteiger partial charge in [-0.15, -0.1) is 0 Å². The Morgan fingerprint density at radius 1 is 1.14 bits per heavy atom. The number of aromatic amines is 1. The van der Waals surface area contributed by atoms with Crippen molar-refractivity contribution in [3.63, 3.8) is 0 Å². The fraction of sp³-hybridized carbons (Fsp3) is 0.481. The van der Waals surface area contributed by atoms with Gasteiger partial charge < -0.3 is 19.9 Å². The number of rotatable bonds is 6. The zero-order valence-corrected chi connectivity index (χ0v) is 21.7. The van der Waals surface area contributed by atoms with E-state index >= 15 is 0 Å². The molecular weight excluding hydrogens is 478 g/mol. The highest BCUT2D eigenvalue weighted by molar-refractivity contribution is 6.32. The first kappa shape index (κ1) is 24.6. The molecule has 1 atom stereocenters. The van der Waals surface area contributed by atoms with Gasteiger partial charge in [-0.25, -0.2) is 4.98 Å². The Labute approximate surface area is 215 Å². The molecule has 3 aliphatic rings. The maximum absolute atomic E-state index is 12.0. The van der Waals surface area contributed by atoms with Crippen molar-refractivity contribution in [2.75, 3.05) is 13.1 Å². The molecule has 2 aromatic heterocycles. The zero-order chi connectivity index (χ0) is 25.4. The second-order valence-electron chi connectivity index (χ2n) is 10.2. The van der Waals surface area contributed by atoms with E-state index in [4.69, 9.17) is 21.3 Å². The molecule has 3 heterocycles. The van der Waals surface area contributed by atoms with Crippen LogP contribution in [0.3, 0.4) is 0 Å². The molecule has 2 N–H and O–H groups in total. The van der Waals surface area contributed by atoms with E-state index in [1.54, 1.807) is 11.8 Å². The lowest BCUT2D eigenvalue weighted by Crippen LogP contribution is -2.57. The number of nitrogens with one attached hydrogen (secondary N) is 2. The minimum Gasteiger partial charge on any atom is -0.458 e. The number of halogens is 1. The molecule has 0 radical (unpaired) electrons. The van der Waals surface area contributed by atoms with Crippen molar-refractivity contribution >= 4 is 40.2 Å². The van der Waals surface area contributed by atoms with Crippen LogP contribution in [0.15, 0.2) is 35.4 Å². The van der Waals surface area contributed by atoms with E-state index in [0.29, 0.717) is 29.8 Å². The lowest BCUT2D eigenvalue weighted by Gasteiger charge is -2.39. The number of carbonyl (C=O) groups is 2. The summed E-state index contributed by atoms with van der Waals surface area (Å²) < 4.78 is 5.93. The number of H-pyrrole nitrogens is 1. The highest BCUT2D eigenvalue weighted by Crippen LogP contribution is 2.36. The van der Waals surface area contributed by atoms with Gasteiger partial charge in [0.1, 0.15) is 6.10 Å². The molecule has 0 bridgehead atoms. The Morgan fingerprint density at radius 3 is 2.53 bits per heavy atom. The van der Waals surface area contributed by atoms with Gasteiger partial charge in [0, 0.05) is 18.9 Å². The first-order valence-corrected chi connectivity index (χ1v) is 13.0. The van der Waals surface area contributed by atoms with Gasteiger partial charge in [-0.05, 0) is 54.9 Å². The third-order valence-corrected chi connectivity index (χ3v) is 7.31. The summed E-state index contributed by atoms with van der Waals surface area (Å²) in [6.45, 7) is 6.51. The molecule has 2 aliphatic carbocycles. The summed E-state index contributed by atoms with van der Waals surface area (Å²) in [6.07, 6.45) is 11.1. The first-order chi connectivity index (χ1) is 17.3. The van der Waals surface area contributed by atoms with Gasteiger partial charge in [0.05, 0.1) is 29.3 Å². The molecule has 0 spiro atoms. The number of allylic oxidation sites excluding steroid dienone is 5. The Bertz CT molecular complexity index is 1290. The molecule has 1 fully saturated rings. The van der Waals surface area contributed by atoms with Crippen molar-refractivity contribution in [3.05, 3.63) is 46.2 Å². The minimum atomic E-state index is -0.0737. The van der Waals surface area contributed by atoms with Crippen molar-refractivity contribution < 1.29 is 14.3 Å². The summed E-state index contributed by atoms with van der Waals surface area (Å²) in [7, 11) is 0. The summed E-state index contributed by atoms with van der Waals surface area (Å²) in [5, 5.41) is 3.59. The van der Waals surface area contributed by atoms with Crippen LogP contribution >= 0.6 is 11.6 Å². The molecule has 2 aromatic rings. The minimum absolute atomic E-state index is 0.0104. The number of carbonyl (C=O) groups excluding carboxylic acids is 2. The molecular formula is C27H32ClN5O3. The molecule has 0 saturated carbocycles. The third kappa shape index (κ3) is 5.19. The standard InChI is InChI=1S/C27H32ClN5O3/c1-15(2)26(35)33-13-21(14-33)36-27-30-23-12-22(28)24(31-25(23)32-27)19-6-4-17(5-7-19)18-8-10-20(11-9-18)29-16(3)34/h4,6,8,12,15,20-21H,5,7,9-11,13-14H2,1-3H3,(H,29,34)(H,30,31,32). The van der Waals surface area contributed by atoms with Crippen LogP contribution in [0.5, 0.6) is 6.01 Å². The maximum atomic E-state index is 12.0. The summed E-state index contributed by atoms with van der Waals surface area (Å²) in [6, 6.07) is 2.49. The number of imidazole rings is 1. The average molecular weight is 510 g/mol. The van der Waals surface area contributed by atoms with Crippen LogP contribution in [-0.2, 0) is 9.59 Å². The number of fused-ring (bicyclic) bond motifs is 1. The van der Waals surface area contributed by atoms with Gasteiger partial charge in [-0.3, -0.25) is 9.59 Å². The lowest BCUT2D eigenvalue weighted by molar-refractivity contribution is -0.143. The van der Waals surface area contributed by atoms with Crippen LogP contribution in [0.25, 0.3) is 16.7 Å². The fourth-order valence-electron chi connectivity index (χ4n) is 5.04. The number of amides is 2. The molecule has 9 heteroatoms. The third-order valence-electron chi connectivity index (χ3n) is 7.02. The van der Waals surface area contributed by atoms with Gasteiger partial charge in [0.25, 0.3) is 6.01 Å². The average Bonchev–Trinajstić information content (AvgIpc) is 3.21. The molecule has 36 heavy (non-hydrogen) atoms. The number of likely N-dealkylation sites (tertiary alicyclic amines) is 1. The second-order valence-corrected chi connectivity index (χ2v) is 10.6. The largest absolute Gasteiger partial charge is 0.458 e. The fourth-order valence-corrected chi connectivity index (χ4v) is 5.31. The van der Waals surface area contributed by atoms with E-state index in [2.05, 4.69) is 33.5 Å². The lowest BCUT2D eigenvalue weighted by atomic mass is 9.85. The van der Waals surface area contributed by atoms with Gasteiger partial charge >= 0.3 is 0 Å². The SMILES string of the molecule is CC(=O)NC1CC=C(C2=CC=C(c3nc4nc(OC5CN(C(=O)C(C)C)C5)[nH]c4cc3Cl)CC2)CC1. The van der Waals surface area contributed by atoms with E-state index in [0.717, 1.165) is 48.9 Å². The van der Waals surface area contributed by atoms with Crippen molar-refractivity contribution in [2.24, 2.45) is 5.92 Å². The zero-order valence-electron chi connectivity index (χ0n) is 20.9. The monoisotopic (exact) mass is 509 g/mol. The number of nitrogens with zero attached hydrogens (tertiary/aromatic N) is 3. The summed E-state index contributed by atoms with van der Waals surface area (Å²) in [4.78, 5) is 37.6. The van der Waals surface area contributed by atoms with E-state index in [1.165, 1.54) is 11.1 Å². The number of hydrogen-bond acceptors (Lipinski definition) is 5. The quantitative estimate of drug-likeness (QED) is 0.594. The van der Waals surface area contributed by atoms with E-state index < -0.39 is 0 Å². The Balaban J connectivity index is 1.26. The van der Waals surface area contributed by atoms with Crippen molar-refractivity contribution in [3.8, 4) is 6.01 Å². The highest BCUT2D eigenvalue weighted by atomic mass is 35.5. The van der Waals surface area contributed by atoms with Crippen LogP contribution in [0.4, 0.5) is 0 Å². The molecule has 0 aromatic carbocycles. The van der Waals surface area contributed by atoms with Gasteiger partial charge in [0.2, 0.25) is 11.8 Å². The van der Waals surface area contributed by atoms with Gasteiger partial charge in [-0.2, -0.15) is 4.98 Å². The van der Waals surface area contributed by atoms with E-state index in [-0.39, 0.29) is 29.9 Å². The van der Waals surface area contributed by atoms with Crippen LogP contribution in [0.2, 0.25) is 5.02 Å². The van der Waals surface area contributed by atoms with Gasteiger partial charge in [-0.1, -0.05) is 43.7 Å². The Kier molecular flexibility index (Phi) is 6.88. The molecule has 8 nitrogen and oxygen atoms in total. The second kappa shape index (κ2) is 10.1.